The van der Waals surface area contributed by atoms with Crippen molar-refractivity contribution in [2.45, 2.75) is 19.3 Å². The van der Waals surface area contributed by atoms with Crippen LogP contribution < -0.4 is 5.32 Å². The molecule has 1 fully saturated rings. The lowest BCUT2D eigenvalue weighted by atomic mass is 10.4. The fourth-order valence-electron chi connectivity index (χ4n) is 2.34. The third-order valence-electron chi connectivity index (χ3n) is 3.35. The molecule has 0 spiro atoms. The van der Waals surface area contributed by atoms with Crippen LogP contribution in [-0.2, 0) is 0 Å². The van der Waals surface area contributed by atoms with E-state index in [1.807, 2.05) is 0 Å². The first-order valence-corrected chi connectivity index (χ1v) is 7.42. The highest BCUT2D eigenvalue weighted by molar-refractivity contribution is 6.28. The molecule has 0 amide bonds. The van der Waals surface area contributed by atoms with Gasteiger partial charge in [0.15, 0.2) is 0 Å². The largest absolute Gasteiger partial charge is 0.354 e. The molecule has 1 aliphatic rings. The molecule has 2 aromatic rings. The maximum Gasteiger partial charge on any atom is 0.258 e. The van der Waals surface area contributed by atoms with Gasteiger partial charge in [-0.1, -0.05) is 0 Å². The highest BCUT2D eigenvalue weighted by Crippen LogP contribution is 2.10. The minimum absolute atomic E-state index is 0.137. The summed E-state index contributed by atoms with van der Waals surface area (Å²) in [5, 5.41) is 7.29. The summed E-state index contributed by atoms with van der Waals surface area (Å²) in [4.78, 5) is 18.7. The van der Waals surface area contributed by atoms with E-state index >= 15 is 0 Å². The molecule has 0 aromatic carbocycles. The van der Waals surface area contributed by atoms with Gasteiger partial charge in [0.25, 0.3) is 5.95 Å². The Balaban J connectivity index is 1.55. The molecule has 1 N–H and O–H groups in total. The summed E-state index contributed by atoms with van der Waals surface area (Å²) in [7, 11) is 0. The van der Waals surface area contributed by atoms with Gasteiger partial charge < -0.3 is 10.2 Å². The monoisotopic (exact) mass is 308 g/mol. The Morgan fingerprint density at radius 1 is 1.19 bits per heavy atom. The summed E-state index contributed by atoms with van der Waals surface area (Å²) in [6.45, 7) is 4.33. The fourth-order valence-corrected chi connectivity index (χ4v) is 2.50. The van der Waals surface area contributed by atoms with Crippen molar-refractivity contribution in [3.05, 3.63) is 17.9 Å². The molecule has 3 rings (SSSR count). The van der Waals surface area contributed by atoms with E-state index in [1.165, 1.54) is 43.3 Å². The van der Waals surface area contributed by atoms with Gasteiger partial charge in [-0.2, -0.15) is 24.7 Å². The van der Waals surface area contributed by atoms with Gasteiger partial charge in [-0.3, -0.25) is 0 Å². The van der Waals surface area contributed by atoms with Crippen LogP contribution in [0.3, 0.4) is 0 Å². The maximum absolute atomic E-state index is 5.91. The zero-order chi connectivity index (χ0) is 14.5. The van der Waals surface area contributed by atoms with Crippen molar-refractivity contribution in [1.82, 2.24) is 34.6 Å². The fraction of sp³-hybridized carbons (Fsp3) is 0.583. The van der Waals surface area contributed by atoms with E-state index < -0.39 is 0 Å². The number of likely N-dealkylation sites (tertiary alicyclic amines) is 1. The average Bonchev–Trinajstić information content (AvgIpc) is 3.16. The summed E-state index contributed by atoms with van der Waals surface area (Å²) < 4.78 is 1.45. The molecule has 3 heterocycles. The lowest BCUT2D eigenvalue weighted by molar-refractivity contribution is 0.337. The first kappa shape index (κ1) is 14.2. The van der Waals surface area contributed by atoms with Gasteiger partial charge in [0.2, 0.25) is 11.2 Å². The lowest BCUT2D eigenvalue weighted by Gasteiger charge is -2.14. The first-order chi connectivity index (χ1) is 10.3. The number of nitrogens with zero attached hydrogens (tertiary/aromatic N) is 7. The van der Waals surface area contributed by atoms with Gasteiger partial charge in [0, 0.05) is 6.54 Å². The SMILES string of the molecule is Clc1nc(NCCCN2CCCC2)nc(-n2cncn2)n1. The summed E-state index contributed by atoms with van der Waals surface area (Å²) in [6.07, 6.45) is 6.61. The Labute approximate surface area is 127 Å². The first-order valence-electron chi connectivity index (χ1n) is 7.04. The highest BCUT2D eigenvalue weighted by Gasteiger charge is 2.11. The third-order valence-corrected chi connectivity index (χ3v) is 3.52. The maximum atomic E-state index is 5.91. The van der Waals surface area contributed by atoms with Crippen molar-refractivity contribution >= 4 is 17.5 Å². The van der Waals surface area contributed by atoms with E-state index in [4.69, 9.17) is 11.6 Å². The number of aromatic nitrogens is 6. The smallest absolute Gasteiger partial charge is 0.258 e. The topological polar surface area (TPSA) is 84.7 Å². The summed E-state index contributed by atoms with van der Waals surface area (Å²) in [5.41, 5.74) is 0. The van der Waals surface area contributed by atoms with Gasteiger partial charge in [-0.25, -0.2) is 4.98 Å². The number of halogens is 1. The Kier molecular flexibility index (Phi) is 4.56. The number of hydrogen-bond acceptors (Lipinski definition) is 7. The van der Waals surface area contributed by atoms with Crippen molar-refractivity contribution in [1.29, 1.82) is 0 Å². The molecule has 0 bridgehead atoms. The molecule has 8 nitrogen and oxygen atoms in total. The molecule has 2 aromatic heterocycles. The van der Waals surface area contributed by atoms with Crippen molar-refractivity contribution in [3.8, 4) is 5.95 Å². The van der Waals surface area contributed by atoms with Gasteiger partial charge in [0.1, 0.15) is 12.7 Å². The molecule has 0 atom stereocenters. The zero-order valence-corrected chi connectivity index (χ0v) is 12.4. The summed E-state index contributed by atoms with van der Waals surface area (Å²) in [6, 6.07) is 0. The van der Waals surface area contributed by atoms with Crippen molar-refractivity contribution in [3.63, 3.8) is 0 Å². The molecule has 0 aliphatic carbocycles. The molecular formula is C12H17ClN8. The minimum atomic E-state index is 0.137. The third kappa shape index (κ3) is 3.85. The van der Waals surface area contributed by atoms with Gasteiger partial charge in [-0.15, -0.1) is 0 Å². The average molecular weight is 309 g/mol. The molecule has 0 unspecified atom stereocenters. The van der Waals surface area contributed by atoms with E-state index in [0.29, 0.717) is 11.9 Å². The van der Waals surface area contributed by atoms with Crippen LogP contribution >= 0.6 is 11.6 Å². The molecule has 1 saturated heterocycles. The number of nitrogens with one attached hydrogen (secondary N) is 1. The van der Waals surface area contributed by atoms with Crippen LogP contribution in [0, 0.1) is 0 Å². The van der Waals surface area contributed by atoms with Crippen LogP contribution in [0.1, 0.15) is 19.3 Å². The van der Waals surface area contributed by atoms with Crippen molar-refractivity contribution in [2.75, 3.05) is 31.5 Å². The highest BCUT2D eigenvalue weighted by atomic mass is 35.5. The van der Waals surface area contributed by atoms with Crippen LogP contribution in [0.25, 0.3) is 5.95 Å². The molecule has 112 valence electrons. The van der Waals surface area contributed by atoms with Crippen molar-refractivity contribution < 1.29 is 0 Å². The predicted molar refractivity (Wildman–Crippen MR) is 78.5 cm³/mol. The minimum Gasteiger partial charge on any atom is -0.354 e. The molecule has 0 saturated carbocycles. The Morgan fingerprint density at radius 3 is 2.81 bits per heavy atom. The summed E-state index contributed by atoms with van der Waals surface area (Å²) >= 11 is 5.91. The Hall–Kier alpha value is -1.80. The quantitative estimate of drug-likeness (QED) is 0.797. The van der Waals surface area contributed by atoms with Crippen LogP contribution in [-0.4, -0.2) is 60.8 Å². The van der Waals surface area contributed by atoms with Crippen molar-refractivity contribution in [2.24, 2.45) is 0 Å². The van der Waals surface area contributed by atoms with E-state index in [-0.39, 0.29) is 5.28 Å². The number of rotatable bonds is 6. The molecular weight excluding hydrogens is 292 g/mol. The van der Waals surface area contributed by atoms with Crippen LogP contribution in [0.4, 0.5) is 5.95 Å². The second-order valence-electron chi connectivity index (χ2n) is 4.90. The second-order valence-corrected chi connectivity index (χ2v) is 5.24. The van der Waals surface area contributed by atoms with E-state index in [2.05, 4.69) is 35.3 Å². The number of anilines is 1. The second kappa shape index (κ2) is 6.77. The van der Waals surface area contributed by atoms with E-state index in [1.54, 1.807) is 0 Å². The predicted octanol–water partition coefficient (Wildman–Crippen LogP) is 1.00. The molecule has 9 heteroatoms. The molecule has 21 heavy (non-hydrogen) atoms. The lowest BCUT2D eigenvalue weighted by Crippen LogP contribution is -2.22. The van der Waals surface area contributed by atoms with Gasteiger partial charge in [0.05, 0.1) is 0 Å². The summed E-state index contributed by atoms with van der Waals surface area (Å²) in [5.74, 6) is 0.816. The standard InChI is InChI=1S/C12H17ClN8/c13-10-17-11(15-4-3-7-20-5-1-2-6-20)19-12(18-10)21-9-14-8-16-21/h8-9H,1-7H2,(H,15,17,18,19). The molecule has 0 radical (unpaired) electrons. The van der Waals surface area contributed by atoms with Gasteiger partial charge >= 0.3 is 0 Å². The Morgan fingerprint density at radius 2 is 2.05 bits per heavy atom. The molecule has 1 aliphatic heterocycles. The number of hydrogen-bond donors (Lipinski definition) is 1. The normalized spacial score (nSPS) is 15.5. The van der Waals surface area contributed by atoms with Crippen LogP contribution in [0.2, 0.25) is 5.28 Å². The zero-order valence-electron chi connectivity index (χ0n) is 11.6. The van der Waals surface area contributed by atoms with Crippen LogP contribution in [0.15, 0.2) is 12.7 Å². The van der Waals surface area contributed by atoms with E-state index in [9.17, 15) is 0 Å². The van der Waals surface area contributed by atoms with Crippen LogP contribution in [0.5, 0.6) is 0 Å². The Bertz CT molecular complexity index is 567. The van der Waals surface area contributed by atoms with E-state index in [0.717, 1.165) is 19.5 Å². The van der Waals surface area contributed by atoms with Gasteiger partial charge in [-0.05, 0) is 50.5 Å².